The molecule has 1 spiro atoms. The Hall–Kier alpha value is -2.27. The zero-order chi connectivity index (χ0) is 22.0. The van der Waals surface area contributed by atoms with Gasteiger partial charge in [0.1, 0.15) is 11.6 Å². The second-order valence-corrected chi connectivity index (χ2v) is 9.08. The Labute approximate surface area is 201 Å². The SMILES string of the molecule is Cl.Fc1ccc(C(CCCN2CCC3(CC2)OCc2ccccc23)c2ccc(F)cc2)cc1. The summed E-state index contributed by atoms with van der Waals surface area (Å²) in [5.41, 5.74) is 4.77. The average molecular weight is 470 g/mol. The number of fused-ring (bicyclic) bond motifs is 2. The van der Waals surface area contributed by atoms with Crippen LogP contribution in [0.25, 0.3) is 0 Å². The van der Waals surface area contributed by atoms with Crippen LogP contribution in [0.5, 0.6) is 0 Å². The highest BCUT2D eigenvalue weighted by Gasteiger charge is 2.42. The third-order valence-electron chi connectivity index (χ3n) is 7.19. The third-order valence-corrected chi connectivity index (χ3v) is 7.19. The molecule has 174 valence electrons. The first-order chi connectivity index (χ1) is 15.6. The van der Waals surface area contributed by atoms with E-state index in [-0.39, 0.29) is 35.6 Å². The molecule has 5 heteroatoms. The quantitative estimate of drug-likeness (QED) is 0.392. The van der Waals surface area contributed by atoms with E-state index in [1.54, 1.807) is 0 Å². The lowest BCUT2D eigenvalue weighted by molar-refractivity contribution is -0.0788. The van der Waals surface area contributed by atoms with E-state index < -0.39 is 0 Å². The molecule has 0 unspecified atom stereocenters. The maximum Gasteiger partial charge on any atom is 0.123 e. The van der Waals surface area contributed by atoms with Crippen LogP contribution in [0.15, 0.2) is 72.8 Å². The summed E-state index contributed by atoms with van der Waals surface area (Å²) < 4.78 is 33.2. The number of hydrogen-bond donors (Lipinski definition) is 0. The van der Waals surface area contributed by atoms with Gasteiger partial charge in [0.05, 0.1) is 12.2 Å². The van der Waals surface area contributed by atoms with Gasteiger partial charge in [0.25, 0.3) is 0 Å². The molecule has 0 aromatic heterocycles. The first kappa shape index (κ1) is 23.9. The highest BCUT2D eigenvalue weighted by Crippen LogP contribution is 2.44. The molecule has 0 N–H and O–H groups in total. The van der Waals surface area contributed by atoms with Gasteiger partial charge >= 0.3 is 0 Å². The Morgan fingerprint density at radius 3 is 2.00 bits per heavy atom. The lowest BCUT2D eigenvalue weighted by atomic mass is 9.83. The summed E-state index contributed by atoms with van der Waals surface area (Å²) >= 11 is 0. The predicted octanol–water partition coefficient (Wildman–Crippen LogP) is 6.82. The van der Waals surface area contributed by atoms with Gasteiger partial charge in [0.2, 0.25) is 0 Å². The van der Waals surface area contributed by atoms with E-state index in [1.807, 2.05) is 24.3 Å². The van der Waals surface area contributed by atoms with Crippen LogP contribution in [0.2, 0.25) is 0 Å². The summed E-state index contributed by atoms with van der Waals surface area (Å²) in [6.45, 7) is 3.82. The van der Waals surface area contributed by atoms with Crippen molar-refractivity contribution >= 4 is 12.4 Å². The number of ether oxygens (including phenoxy) is 1. The van der Waals surface area contributed by atoms with Crippen molar-refractivity contribution in [2.75, 3.05) is 19.6 Å². The zero-order valence-corrected chi connectivity index (χ0v) is 19.5. The van der Waals surface area contributed by atoms with Crippen molar-refractivity contribution in [2.45, 2.75) is 43.8 Å². The van der Waals surface area contributed by atoms with Crippen molar-refractivity contribution < 1.29 is 13.5 Å². The molecule has 1 saturated heterocycles. The highest BCUT2D eigenvalue weighted by atomic mass is 35.5. The molecule has 3 aromatic rings. The molecule has 2 heterocycles. The summed E-state index contributed by atoms with van der Waals surface area (Å²) in [6.07, 6.45) is 4.04. The molecule has 3 aromatic carbocycles. The lowest BCUT2D eigenvalue weighted by Gasteiger charge is -2.39. The van der Waals surface area contributed by atoms with Crippen LogP contribution in [-0.2, 0) is 16.9 Å². The molecular weight excluding hydrogens is 440 g/mol. The van der Waals surface area contributed by atoms with Crippen molar-refractivity contribution in [1.29, 1.82) is 0 Å². The minimum absolute atomic E-state index is 0. The number of rotatable bonds is 6. The molecule has 0 aliphatic carbocycles. The minimum atomic E-state index is -0.232. The molecule has 2 aliphatic rings. The summed E-state index contributed by atoms with van der Waals surface area (Å²) in [5.74, 6) is -0.327. The van der Waals surface area contributed by atoms with Gasteiger partial charge < -0.3 is 9.64 Å². The molecule has 0 amide bonds. The van der Waals surface area contributed by atoms with E-state index in [1.165, 1.54) is 35.4 Å². The van der Waals surface area contributed by atoms with Crippen LogP contribution < -0.4 is 0 Å². The standard InChI is InChI=1S/C28H29F2NO.ClH/c29-24-11-7-21(8-12-24)26(22-9-13-25(30)14-10-22)5-3-17-31-18-15-28(16-19-31)27-6-2-1-4-23(27)20-32-28;/h1-2,4,6-14,26H,3,5,15-20H2;1H. The van der Waals surface area contributed by atoms with E-state index in [0.717, 1.165) is 63.1 Å². The molecule has 5 rings (SSSR count). The van der Waals surface area contributed by atoms with Gasteiger partial charge in [-0.15, -0.1) is 12.4 Å². The fourth-order valence-electron chi connectivity index (χ4n) is 5.37. The third kappa shape index (κ3) is 5.13. The van der Waals surface area contributed by atoms with E-state index in [2.05, 4.69) is 29.2 Å². The van der Waals surface area contributed by atoms with Crippen LogP contribution in [0, 0.1) is 11.6 Å². The number of nitrogens with zero attached hydrogens (tertiary/aromatic N) is 1. The van der Waals surface area contributed by atoms with Gasteiger partial charge in [-0.25, -0.2) is 8.78 Å². The number of halogens is 3. The monoisotopic (exact) mass is 469 g/mol. The summed E-state index contributed by atoms with van der Waals surface area (Å²) in [4.78, 5) is 2.53. The minimum Gasteiger partial charge on any atom is -0.365 e. The smallest absolute Gasteiger partial charge is 0.123 e. The van der Waals surface area contributed by atoms with Crippen LogP contribution >= 0.6 is 12.4 Å². The van der Waals surface area contributed by atoms with Crippen LogP contribution in [0.4, 0.5) is 8.78 Å². The first-order valence-electron chi connectivity index (χ1n) is 11.6. The predicted molar refractivity (Wildman–Crippen MR) is 130 cm³/mol. The Morgan fingerprint density at radius 1 is 0.818 bits per heavy atom. The number of piperidine rings is 1. The molecule has 1 fully saturated rings. The van der Waals surface area contributed by atoms with Crippen molar-refractivity contribution in [3.05, 3.63) is 107 Å². The van der Waals surface area contributed by atoms with Crippen molar-refractivity contribution in [1.82, 2.24) is 4.90 Å². The van der Waals surface area contributed by atoms with E-state index in [9.17, 15) is 8.78 Å². The molecule has 33 heavy (non-hydrogen) atoms. The maximum absolute atomic E-state index is 13.5. The second kappa shape index (κ2) is 10.3. The molecule has 0 saturated carbocycles. The van der Waals surface area contributed by atoms with Crippen molar-refractivity contribution in [3.8, 4) is 0 Å². The Kier molecular flexibility index (Phi) is 7.48. The largest absolute Gasteiger partial charge is 0.365 e. The molecule has 2 nitrogen and oxygen atoms in total. The van der Waals surface area contributed by atoms with Crippen LogP contribution in [-0.4, -0.2) is 24.5 Å². The molecule has 0 atom stereocenters. The normalized spacial score (nSPS) is 17.2. The molecule has 0 radical (unpaired) electrons. The molecule has 2 aliphatic heterocycles. The molecule has 0 bridgehead atoms. The Bertz CT molecular complexity index is 1000. The number of likely N-dealkylation sites (tertiary alicyclic amines) is 1. The lowest BCUT2D eigenvalue weighted by Crippen LogP contribution is -2.42. The van der Waals surface area contributed by atoms with E-state index in [0.29, 0.717) is 0 Å². The van der Waals surface area contributed by atoms with Gasteiger partial charge in [-0.05, 0) is 78.7 Å². The average Bonchev–Trinajstić information content (AvgIpc) is 3.18. The fraction of sp³-hybridized carbons (Fsp3) is 0.357. The second-order valence-electron chi connectivity index (χ2n) is 9.08. The zero-order valence-electron chi connectivity index (χ0n) is 18.7. The van der Waals surface area contributed by atoms with Gasteiger partial charge in [-0.2, -0.15) is 0 Å². The van der Waals surface area contributed by atoms with Crippen molar-refractivity contribution in [3.63, 3.8) is 0 Å². The fourth-order valence-corrected chi connectivity index (χ4v) is 5.37. The topological polar surface area (TPSA) is 12.5 Å². The van der Waals surface area contributed by atoms with Gasteiger partial charge in [-0.1, -0.05) is 48.5 Å². The highest BCUT2D eigenvalue weighted by molar-refractivity contribution is 5.85. The van der Waals surface area contributed by atoms with Gasteiger partial charge in [0.15, 0.2) is 0 Å². The first-order valence-corrected chi connectivity index (χ1v) is 11.6. The van der Waals surface area contributed by atoms with Crippen LogP contribution in [0.3, 0.4) is 0 Å². The summed E-state index contributed by atoms with van der Waals surface area (Å²) in [5, 5.41) is 0. The summed E-state index contributed by atoms with van der Waals surface area (Å²) in [7, 11) is 0. The van der Waals surface area contributed by atoms with Gasteiger partial charge in [-0.3, -0.25) is 0 Å². The van der Waals surface area contributed by atoms with Crippen LogP contribution in [0.1, 0.15) is 53.9 Å². The number of benzene rings is 3. The Morgan fingerprint density at radius 2 is 1.39 bits per heavy atom. The van der Waals surface area contributed by atoms with Crippen molar-refractivity contribution in [2.24, 2.45) is 0 Å². The number of hydrogen-bond acceptors (Lipinski definition) is 2. The van der Waals surface area contributed by atoms with E-state index >= 15 is 0 Å². The van der Waals surface area contributed by atoms with Gasteiger partial charge in [0, 0.05) is 19.0 Å². The molecular formula is C28H30ClF2NO. The summed E-state index contributed by atoms with van der Waals surface area (Å²) in [6, 6.07) is 22.1. The Balaban J connectivity index is 0.00000259. The van der Waals surface area contributed by atoms with E-state index in [4.69, 9.17) is 4.74 Å². The maximum atomic E-state index is 13.5.